The lowest BCUT2D eigenvalue weighted by atomic mass is 10.1. The summed E-state index contributed by atoms with van der Waals surface area (Å²) in [6.07, 6.45) is 2.96. The van der Waals surface area contributed by atoms with Crippen LogP contribution < -0.4 is 0 Å². The summed E-state index contributed by atoms with van der Waals surface area (Å²) in [5.74, 6) is 1.93. The first-order chi connectivity index (χ1) is 11.1. The fraction of sp³-hybridized carbons (Fsp3) is 0.444. The van der Waals surface area contributed by atoms with Crippen molar-refractivity contribution in [1.29, 1.82) is 0 Å². The highest BCUT2D eigenvalue weighted by Gasteiger charge is 2.19. The Hall–Kier alpha value is -1.59. The molecule has 0 saturated heterocycles. The van der Waals surface area contributed by atoms with Crippen molar-refractivity contribution in [2.24, 2.45) is 0 Å². The number of nitrogens with zero attached hydrogens (tertiary/aromatic N) is 3. The smallest absolute Gasteiger partial charge is 0.131 e. The molecular formula is C18H23N3OS. The van der Waals surface area contributed by atoms with Gasteiger partial charge in [0, 0.05) is 42.4 Å². The molecule has 1 aliphatic rings. The number of aromatic nitrogens is 2. The van der Waals surface area contributed by atoms with Gasteiger partial charge in [0.2, 0.25) is 0 Å². The first-order valence-corrected chi connectivity index (χ1v) is 9.46. The van der Waals surface area contributed by atoms with Crippen molar-refractivity contribution in [1.82, 2.24) is 14.9 Å². The van der Waals surface area contributed by atoms with Crippen molar-refractivity contribution in [2.45, 2.75) is 37.6 Å². The number of rotatable bonds is 5. The quantitative estimate of drug-likeness (QED) is 0.846. The maximum Gasteiger partial charge on any atom is 0.131 e. The van der Waals surface area contributed by atoms with Crippen LogP contribution >= 0.6 is 0 Å². The highest BCUT2D eigenvalue weighted by Crippen LogP contribution is 2.19. The summed E-state index contributed by atoms with van der Waals surface area (Å²) in [7, 11) is -0.929. The number of fused-ring (bicyclic) bond motifs is 1. The third-order valence-corrected chi connectivity index (χ3v) is 5.51. The van der Waals surface area contributed by atoms with E-state index in [1.807, 2.05) is 36.5 Å². The Morgan fingerprint density at radius 3 is 2.78 bits per heavy atom. The Morgan fingerprint density at radius 1 is 1.26 bits per heavy atom. The average molecular weight is 329 g/mol. The molecule has 1 aromatic heterocycles. The van der Waals surface area contributed by atoms with E-state index in [9.17, 15) is 4.21 Å². The van der Waals surface area contributed by atoms with Gasteiger partial charge >= 0.3 is 0 Å². The molecule has 1 atom stereocenters. The van der Waals surface area contributed by atoms with E-state index in [1.165, 1.54) is 5.56 Å². The Kier molecular flexibility index (Phi) is 5.18. The molecule has 1 aliphatic heterocycles. The van der Waals surface area contributed by atoms with Crippen molar-refractivity contribution in [2.75, 3.05) is 18.8 Å². The van der Waals surface area contributed by atoms with Gasteiger partial charge in [0.25, 0.3) is 0 Å². The summed E-state index contributed by atoms with van der Waals surface area (Å²) >= 11 is 0. The van der Waals surface area contributed by atoms with Crippen LogP contribution in [0.4, 0.5) is 0 Å². The van der Waals surface area contributed by atoms with Gasteiger partial charge < -0.3 is 0 Å². The van der Waals surface area contributed by atoms with E-state index < -0.39 is 10.8 Å². The molecule has 0 N–H and O–H groups in total. The molecule has 2 heterocycles. The Labute approximate surface area is 140 Å². The predicted octanol–water partition coefficient (Wildman–Crippen LogP) is 2.77. The lowest BCUT2D eigenvalue weighted by molar-refractivity contribution is 0.264. The first-order valence-electron chi connectivity index (χ1n) is 8.14. The molecule has 3 rings (SSSR count). The molecule has 23 heavy (non-hydrogen) atoms. The Balaban J connectivity index is 1.61. The molecule has 2 aromatic rings. The molecule has 0 saturated carbocycles. The van der Waals surface area contributed by atoms with Crippen molar-refractivity contribution < 1.29 is 4.21 Å². The minimum absolute atomic E-state index is 0.348. The topological polar surface area (TPSA) is 46.1 Å². The Bertz CT molecular complexity index is 688. The van der Waals surface area contributed by atoms with Gasteiger partial charge in [-0.25, -0.2) is 9.97 Å². The van der Waals surface area contributed by atoms with Crippen molar-refractivity contribution in [3.8, 4) is 0 Å². The van der Waals surface area contributed by atoms with Crippen molar-refractivity contribution >= 4 is 10.8 Å². The van der Waals surface area contributed by atoms with Gasteiger partial charge in [-0.2, -0.15) is 0 Å². The molecule has 0 fully saturated rings. The van der Waals surface area contributed by atoms with Crippen LogP contribution in [0.1, 0.15) is 36.8 Å². The number of benzene rings is 1. The molecule has 1 aromatic carbocycles. The molecule has 0 spiro atoms. The van der Waals surface area contributed by atoms with E-state index in [-0.39, 0.29) is 0 Å². The summed E-state index contributed by atoms with van der Waals surface area (Å²) < 4.78 is 12.3. The van der Waals surface area contributed by atoms with Crippen molar-refractivity contribution in [3.63, 3.8) is 0 Å². The standard InChI is InChI=1S/C18H23N3OS/c1-14(2)18-19-12-15-8-9-21(13-17(15)20-18)10-11-23(22)16-6-4-3-5-7-16/h3-7,12,14H,8-11,13H2,1-2H3/t23-/m0/s1. The molecule has 5 heteroatoms. The van der Waals surface area contributed by atoms with Crippen LogP contribution in [0.2, 0.25) is 0 Å². The zero-order chi connectivity index (χ0) is 16.2. The van der Waals surface area contributed by atoms with Crippen molar-refractivity contribution in [3.05, 3.63) is 53.6 Å². The summed E-state index contributed by atoms with van der Waals surface area (Å²) in [6.45, 7) is 6.89. The van der Waals surface area contributed by atoms with Gasteiger partial charge in [-0.1, -0.05) is 32.0 Å². The van der Waals surface area contributed by atoms with Gasteiger partial charge in [0.15, 0.2) is 0 Å². The maximum absolute atomic E-state index is 12.3. The lowest BCUT2D eigenvalue weighted by Crippen LogP contribution is -2.34. The van der Waals surface area contributed by atoms with Crippen LogP contribution in [0.5, 0.6) is 0 Å². The van der Waals surface area contributed by atoms with E-state index in [1.54, 1.807) is 0 Å². The minimum atomic E-state index is -0.929. The third-order valence-electron chi connectivity index (χ3n) is 4.16. The van der Waals surface area contributed by atoms with Gasteiger partial charge in [0.1, 0.15) is 5.82 Å². The fourth-order valence-corrected chi connectivity index (χ4v) is 3.86. The molecule has 4 nitrogen and oxygen atoms in total. The fourth-order valence-electron chi connectivity index (χ4n) is 2.74. The zero-order valence-electron chi connectivity index (χ0n) is 13.7. The SMILES string of the molecule is CC(C)c1ncc2c(n1)CN(CC[S@](=O)c1ccccc1)CC2. The summed E-state index contributed by atoms with van der Waals surface area (Å²) in [5, 5.41) is 0. The average Bonchev–Trinajstić information content (AvgIpc) is 2.59. The third kappa shape index (κ3) is 4.03. The predicted molar refractivity (Wildman–Crippen MR) is 92.8 cm³/mol. The van der Waals surface area contributed by atoms with Gasteiger partial charge in [-0.15, -0.1) is 0 Å². The Morgan fingerprint density at radius 2 is 2.04 bits per heavy atom. The van der Waals surface area contributed by atoms with Crippen LogP contribution in [0.25, 0.3) is 0 Å². The molecule has 0 amide bonds. The van der Waals surface area contributed by atoms with E-state index in [2.05, 4.69) is 23.7 Å². The second-order valence-corrected chi connectivity index (χ2v) is 7.81. The van der Waals surface area contributed by atoms with Gasteiger partial charge in [0.05, 0.1) is 16.5 Å². The van der Waals surface area contributed by atoms with E-state index in [0.29, 0.717) is 11.7 Å². The molecule has 0 bridgehead atoms. The van der Waals surface area contributed by atoms with Crippen LogP contribution in [0.15, 0.2) is 41.4 Å². The normalized spacial score (nSPS) is 16.3. The monoisotopic (exact) mass is 329 g/mol. The minimum Gasteiger partial charge on any atom is -0.296 e. The second kappa shape index (κ2) is 7.32. The highest BCUT2D eigenvalue weighted by atomic mass is 32.2. The highest BCUT2D eigenvalue weighted by molar-refractivity contribution is 7.85. The molecule has 122 valence electrons. The summed E-state index contributed by atoms with van der Waals surface area (Å²) in [4.78, 5) is 12.4. The molecular weight excluding hydrogens is 306 g/mol. The molecule has 0 radical (unpaired) electrons. The maximum atomic E-state index is 12.3. The van der Waals surface area contributed by atoms with E-state index >= 15 is 0 Å². The second-order valence-electron chi connectivity index (χ2n) is 6.24. The number of hydrogen-bond donors (Lipinski definition) is 0. The summed E-state index contributed by atoms with van der Waals surface area (Å²) in [5.41, 5.74) is 2.40. The first kappa shape index (κ1) is 16.3. The van der Waals surface area contributed by atoms with Gasteiger partial charge in [-0.05, 0) is 24.1 Å². The van der Waals surface area contributed by atoms with Crippen LogP contribution in [0.3, 0.4) is 0 Å². The largest absolute Gasteiger partial charge is 0.296 e. The van der Waals surface area contributed by atoms with Crippen LogP contribution in [0, 0.1) is 0 Å². The molecule has 0 unspecified atom stereocenters. The van der Waals surface area contributed by atoms with Crippen LogP contribution in [-0.2, 0) is 23.8 Å². The van der Waals surface area contributed by atoms with Crippen LogP contribution in [-0.4, -0.2) is 37.9 Å². The summed E-state index contributed by atoms with van der Waals surface area (Å²) in [6, 6.07) is 9.70. The zero-order valence-corrected chi connectivity index (χ0v) is 14.6. The van der Waals surface area contributed by atoms with E-state index in [4.69, 9.17) is 4.98 Å². The number of hydrogen-bond acceptors (Lipinski definition) is 4. The molecule has 0 aliphatic carbocycles. The van der Waals surface area contributed by atoms with E-state index in [0.717, 1.165) is 42.5 Å². The van der Waals surface area contributed by atoms with Gasteiger partial charge in [-0.3, -0.25) is 9.11 Å². The lowest BCUT2D eigenvalue weighted by Gasteiger charge is -2.28.